The van der Waals surface area contributed by atoms with Crippen LogP contribution in [-0.2, 0) is 0 Å². The summed E-state index contributed by atoms with van der Waals surface area (Å²) in [6.07, 6.45) is 0. The molecule has 0 aliphatic heterocycles. The van der Waals surface area contributed by atoms with Crippen molar-refractivity contribution in [1.82, 2.24) is 0 Å². The summed E-state index contributed by atoms with van der Waals surface area (Å²) in [6, 6.07) is 12.6. The van der Waals surface area contributed by atoms with Gasteiger partial charge in [0.1, 0.15) is 0 Å². The maximum Gasteiger partial charge on any atom is 0.0348 e. The first kappa shape index (κ1) is 9.22. The minimum absolute atomic E-state index is 1.12. The first-order valence-electron chi connectivity index (χ1n) is 4.58. The second-order valence-corrected chi connectivity index (χ2v) is 4.25. The zero-order valence-electron chi connectivity index (χ0n) is 8.16. The van der Waals surface area contributed by atoms with Crippen LogP contribution < -0.4 is 0 Å². The van der Waals surface area contributed by atoms with Crippen LogP contribution >= 0.6 is 11.3 Å². The molecule has 0 saturated carbocycles. The number of thiophene rings is 1. The van der Waals surface area contributed by atoms with E-state index in [1.807, 2.05) is 6.92 Å². The van der Waals surface area contributed by atoms with E-state index in [1.165, 1.54) is 16.0 Å². The van der Waals surface area contributed by atoms with Crippen molar-refractivity contribution in [3.8, 4) is 10.4 Å². The van der Waals surface area contributed by atoms with E-state index < -0.39 is 0 Å². The largest absolute Gasteiger partial charge is 0.144 e. The predicted molar refractivity (Wildman–Crippen MR) is 64.5 cm³/mol. The van der Waals surface area contributed by atoms with Gasteiger partial charge in [0.2, 0.25) is 0 Å². The molecule has 0 aliphatic rings. The lowest BCUT2D eigenvalue weighted by molar-refractivity contribution is 1.58. The van der Waals surface area contributed by atoms with Gasteiger partial charge < -0.3 is 0 Å². The summed E-state index contributed by atoms with van der Waals surface area (Å²) >= 11 is 1.77. The van der Waals surface area contributed by atoms with E-state index in [1.54, 1.807) is 11.3 Å². The maximum atomic E-state index is 4.00. The van der Waals surface area contributed by atoms with E-state index in [0.717, 1.165) is 5.57 Å². The fraction of sp³-hybridized carbons (Fsp3) is 0.0769. The Labute approximate surface area is 88.5 Å². The smallest absolute Gasteiger partial charge is 0.0348 e. The van der Waals surface area contributed by atoms with Gasteiger partial charge in [0.05, 0.1) is 0 Å². The van der Waals surface area contributed by atoms with Crippen molar-refractivity contribution in [1.29, 1.82) is 0 Å². The van der Waals surface area contributed by atoms with Crippen LogP contribution in [0.3, 0.4) is 0 Å². The van der Waals surface area contributed by atoms with Crippen LogP contribution in [0.2, 0.25) is 0 Å². The number of hydrogen-bond acceptors (Lipinski definition) is 1. The summed E-state index contributed by atoms with van der Waals surface area (Å²) in [5.74, 6) is 0. The molecule has 0 bridgehead atoms. The number of allylic oxidation sites excluding steroid dienone is 1. The lowest BCUT2D eigenvalue weighted by Crippen LogP contribution is -1.82. The molecule has 0 N–H and O–H groups in total. The lowest BCUT2D eigenvalue weighted by atomic mass is 10.0. The Morgan fingerprint density at radius 3 is 2.57 bits per heavy atom. The average Bonchev–Trinajstić information content (AvgIpc) is 2.70. The Balaban J connectivity index is 2.58. The summed E-state index contributed by atoms with van der Waals surface area (Å²) in [6.45, 7) is 6.05. The van der Waals surface area contributed by atoms with Crippen LogP contribution in [0, 0.1) is 0 Å². The quantitative estimate of drug-likeness (QED) is 0.672. The Kier molecular flexibility index (Phi) is 2.51. The zero-order chi connectivity index (χ0) is 9.97. The molecule has 0 unspecified atom stereocenters. The minimum Gasteiger partial charge on any atom is -0.144 e. The number of benzene rings is 1. The van der Waals surface area contributed by atoms with Gasteiger partial charge >= 0.3 is 0 Å². The van der Waals surface area contributed by atoms with Crippen molar-refractivity contribution in [3.63, 3.8) is 0 Å². The minimum atomic E-state index is 1.12. The SMILES string of the molecule is C=C(C)c1ccccc1-c1cccs1. The van der Waals surface area contributed by atoms with Crippen molar-refractivity contribution in [3.05, 3.63) is 53.9 Å². The van der Waals surface area contributed by atoms with Crippen LogP contribution in [0.25, 0.3) is 16.0 Å². The first-order chi connectivity index (χ1) is 6.79. The van der Waals surface area contributed by atoms with Crippen LogP contribution in [0.1, 0.15) is 12.5 Å². The van der Waals surface area contributed by atoms with Crippen molar-refractivity contribution >= 4 is 16.9 Å². The highest BCUT2D eigenvalue weighted by molar-refractivity contribution is 7.13. The summed E-state index contributed by atoms with van der Waals surface area (Å²) in [5, 5.41) is 2.10. The van der Waals surface area contributed by atoms with E-state index in [0.29, 0.717) is 0 Å². The predicted octanol–water partition coefficient (Wildman–Crippen LogP) is 4.45. The molecule has 0 radical (unpaired) electrons. The van der Waals surface area contributed by atoms with Crippen LogP contribution in [-0.4, -0.2) is 0 Å². The number of hydrogen-bond donors (Lipinski definition) is 0. The van der Waals surface area contributed by atoms with Gasteiger partial charge in [-0.15, -0.1) is 11.3 Å². The Morgan fingerprint density at radius 2 is 1.93 bits per heavy atom. The molecule has 70 valence electrons. The molecule has 1 heteroatoms. The molecule has 0 atom stereocenters. The summed E-state index contributed by atoms with van der Waals surface area (Å²) < 4.78 is 0. The summed E-state index contributed by atoms with van der Waals surface area (Å²) in [5.41, 5.74) is 3.65. The van der Waals surface area contributed by atoms with Crippen LogP contribution in [0.5, 0.6) is 0 Å². The first-order valence-corrected chi connectivity index (χ1v) is 5.46. The van der Waals surface area contributed by atoms with E-state index in [2.05, 4.69) is 48.4 Å². The third-order valence-corrected chi connectivity index (χ3v) is 3.08. The molecule has 14 heavy (non-hydrogen) atoms. The van der Waals surface area contributed by atoms with Crippen LogP contribution in [0.15, 0.2) is 48.4 Å². The molecule has 0 saturated heterocycles. The Hall–Kier alpha value is -1.34. The van der Waals surface area contributed by atoms with Gasteiger partial charge in [-0.05, 0) is 29.5 Å². The van der Waals surface area contributed by atoms with Gasteiger partial charge in [0.25, 0.3) is 0 Å². The van der Waals surface area contributed by atoms with Gasteiger partial charge in [-0.25, -0.2) is 0 Å². The number of rotatable bonds is 2. The molecule has 0 nitrogen and oxygen atoms in total. The molecule has 0 aliphatic carbocycles. The van der Waals surface area contributed by atoms with Crippen LogP contribution in [0.4, 0.5) is 0 Å². The third kappa shape index (κ3) is 1.64. The lowest BCUT2D eigenvalue weighted by Gasteiger charge is -2.06. The maximum absolute atomic E-state index is 4.00. The molecule has 2 aromatic rings. The molecule has 1 heterocycles. The molecule has 1 aromatic heterocycles. The Morgan fingerprint density at radius 1 is 1.14 bits per heavy atom. The molecular weight excluding hydrogens is 188 g/mol. The highest BCUT2D eigenvalue weighted by Crippen LogP contribution is 2.30. The average molecular weight is 200 g/mol. The highest BCUT2D eigenvalue weighted by atomic mass is 32.1. The third-order valence-electron chi connectivity index (χ3n) is 2.17. The van der Waals surface area contributed by atoms with Crippen molar-refractivity contribution in [2.75, 3.05) is 0 Å². The molecule has 2 rings (SSSR count). The Bertz CT molecular complexity index is 438. The summed E-state index contributed by atoms with van der Waals surface area (Å²) in [4.78, 5) is 1.31. The zero-order valence-corrected chi connectivity index (χ0v) is 8.97. The van der Waals surface area contributed by atoms with Gasteiger partial charge in [-0.3, -0.25) is 0 Å². The topological polar surface area (TPSA) is 0 Å². The molecule has 0 spiro atoms. The van der Waals surface area contributed by atoms with Gasteiger partial charge in [0.15, 0.2) is 0 Å². The molecule has 0 amide bonds. The van der Waals surface area contributed by atoms with Gasteiger partial charge in [0, 0.05) is 4.88 Å². The summed E-state index contributed by atoms with van der Waals surface area (Å²) in [7, 11) is 0. The molecular formula is C13H12S. The standard InChI is InChI=1S/C13H12S/c1-10(2)11-6-3-4-7-12(11)13-8-5-9-14-13/h3-9H,1H2,2H3. The van der Waals surface area contributed by atoms with Crippen molar-refractivity contribution < 1.29 is 0 Å². The van der Waals surface area contributed by atoms with E-state index in [-0.39, 0.29) is 0 Å². The highest BCUT2D eigenvalue weighted by Gasteiger charge is 2.04. The van der Waals surface area contributed by atoms with Crippen molar-refractivity contribution in [2.45, 2.75) is 6.92 Å². The fourth-order valence-electron chi connectivity index (χ4n) is 1.50. The van der Waals surface area contributed by atoms with E-state index >= 15 is 0 Å². The fourth-order valence-corrected chi connectivity index (χ4v) is 2.27. The van der Waals surface area contributed by atoms with Gasteiger partial charge in [-0.1, -0.05) is 42.5 Å². The monoisotopic (exact) mass is 200 g/mol. The second kappa shape index (κ2) is 3.81. The normalized spacial score (nSPS) is 10.1. The van der Waals surface area contributed by atoms with E-state index in [9.17, 15) is 0 Å². The molecule has 1 aromatic carbocycles. The van der Waals surface area contributed by atoms with Gasteiger partial charge in [-0.2, -0.15) is 0 Å². The molecule has 0 fully saturated rings. The second-order valence-electron chi connectivity index (χ2n) is 3.30. The van der Waals surface area contributed by atoms with Crippen molar-refractivity contribution in [2.24, 2.45) is 0 Å². The van der Waals surface area contributed by atoms with E-state index in [4.69, 9.17) is 0 Å².